The molecule has 4 nitrogen and oxygen atoms in total. The second-order valence-corrected chi connectivity index (χ2v) is 7.63. The first-order chi connectivity index (χ1) is 12.8. The Balaban J connectivity index is 1.67. The van der Waals surface area contributed by atoms with Gasteiger partial charge in [0.25, 0.3) is 0 Å². The minimum absolute atomic E-state index is 0.564. The summed E-state index contributed by atoms with van der Waals surface area (Å²) in [6.07, 6.45) is 1.20. The summed E-state index contributed by atoms with van der Waals surface area (Å²) in [4.78, 5) is 2.61. The molecule has 2 aromatic carbocycles. The Bertz CT molecular complexity index is 914. The third-order valence-corrected chi connectivity index (χ3v) is 6.15. The van der Waals surface area contributed by atoms with Crippen LogP contribution in [-0.4, -0.2) is 32.3 Å². The molecule has 3 aliphatic rings. The van der Waals surface area contributed by atoms with Crippen molar-refractivity contribution in [2.45, 2.75) is 31.9 Å². The molecule has 0 radical (unpaired) electrons. The number of ether oxygens (including phenoxy) is 1. The molecule has 0 aromatic heterocycles. The lowest BCUT2D eigenvalue weighted by Crippen LogP contribution is -2.44. The van der Waals surface area contributed by atoms with Crippen LogP contribution in [0.4, 0.5) is 5.69 Å². The van der Waals surface area contributed by atoms with E-state index in [0.717, 1.165) is 37.4 Å². The van der Waals surface area contributed by atoms with Crippen LogP contribution in [0, 0.1) is 18.3 Å². The van der Waals surface area contributed by atoms with E-state index >= 15 is 0 Å². The molecule has 3 aliphatic heterocycles. The Morgan fingerprint density at radius 3 is 3.04 bits per heavy atom. The van der Waals surface area contributed by atoms with E-state index in [-0.39, 0.29) is 0 Å². The Hall–Kier alpha value is -2.35. The number of hydrogen-bond donors (Lipinski definition) is 1. The molecule has 26 heavy (non-hydrogen) atoms. The van der Waals surface area contributed by atoms with Crippen LogP contribution in [0.25, 0.3) is 11.1 Å². The fourth-order valence-electron chi connectivity index (χ4n) is 5.00. The second-order valence-electron chi connectivity index (χ2n) is 7.63. The van der Waals surface area contributed by atoms with Gasteiger partial charge >= 0.3 is 0 Å². The van der Waals surface area contributed by atoms with Crippen molar-refractivity contribution in [3.8, 4) is 17.2 Å². The van der Waals surface area contributed by atoms with Crippen LogP contribution in [0.15, 0.2) is 30.3 Å². The highest BCUT2D eigenvalue weighted by Crippen LogP contribution is 2.48. The Morgan fingerprint density at radius 2 is 2.19 bits per heavy atom. The Morgan fingerprint density at radius 1 is 1.27 bits per heavy atom. The van der Waals surface area contributed by atoms with Crippen molar-refractivity contribution in [2.75, 3.05) is 31.1 Å². The van der Waals surface area contributed by atoms with Crippen molar-refractivity contribution in [3.63, 3.8) is 0 Å². The average Bonchev–Trinajstić information content (AvgIpc) is 2.83. The quantitative estimate of drug-likeness (QED) is 0.861. The molecule has 1 saturated heterocycles. The summed E-state index contributed by atoms with van der Waals surface area (Å²) in [5.41, 5.74) is 8.55. The van der Waals surface area contributed by atoms with E-state index in [1.54, 1.807) is 0 Å². The molecular weight excluding hydrogens is 322 g/mol. The highest BCUT2D eigenvalue weighted by Gasteiger charge is 2.41. The van der Waals surface area contributed by atoms with Gasteiger partial charge < -0.3 is 15.0 Å². The largest absolute Gasteiger partial charge is 0.375 e. The van der Waals surface area contributed by atoms with Gasteiger partial charge in [-0.1, -0.05) is 6.07 Å². The number of nitriles is 1. The first-order valence-electron chi connectivity index (χ1n) is 9.49. The zero-order valence-corrected chi connectivity index (χ0v) is 15.1. The molecule has 0 aliphatic carbocycles. The predicted molar refractivity (Wildman–Crippen MR) is 102 cm³/mol. The van der Waals surface area contributed by atoms with Gasteiger partial charge in [0, 0.05) is 36.3 Å². The third-order valence-electron chi connectivity index (χ3n) is 6.15. The van der Waals surface area contributed by atoms with E-state index in [9.17, 15) is 0 Å². The summed E-state index contributed by atoms with van der Waals surface area (Å²) >= 11 is 0. The number of benzene rings is 2. The van der Waals surface area contributed by atoms with Crippen molar-refractivity contribution >= 4 is 5.69 Å². The summed E-state index contributed by atoms with van der Waals surface area (Å²) in [6, 6.07) is 13.5. The predicted octanol–water partition coefficient (Wildman–Crippen LogP) is 3.33. The van der Waals surface area contributed by atoms with Crippen LogP contribution < -0.4 is 10.2 Å². The maximum absolute atomic E-state index is 9.15. The molecule has 2 atom stereocenters. The SMILES string of the molecule is Cc1cc(C#N)ccc1-c1cc2c3c(c1)[C@@H]1CNCC[C@@H]1N3CCOC2. The standard InChI is InChI=1S/C22H23N3O/c1-14-8-15(11-23)2-3-18(14)16-9-17-13-26-7-6-25-21-4-5-24-12-20(21)19(10-16)22(17)25/h2-3,8-10,20-21,24H,4-7,12-13H2,1H3/t20-,21-/m0/s1. The molecule has 4 heteroatoms. The number of fused-ring (bicyclic) bond motifs is 3. The molecular formula is C22H23N3O. The molecule has 0 bridgehead atoms. The van der Waals surface area contributed by atoms with Crippen molar-refractivity contribution in [1.29, 1.82) is 5.26 Å². The van der Waals surface area contributed by atoms with Crippen LogP contribution in [-0.2, 0) is 11.3 Å². The fourth-order valence-corrected chi connectivity index (χ4v) is 5.00. The van der Waals surface area contributed by atoms with Gasteiger partial charge in [0.15, 0.2) is 0 Å². The van der Waals surface area contributed by atoms with E-state index in [0.29, 0.717) is 18.6 Å². The number of rotatable bonds is 1. The molecule has 132 valence electrons. The first kappa shape index (κ1) is 15.9. The van der Waals surface area contributed by atoms with Gasteiger partial charge in [-0.15, -0.1) is 0 Å². The fraction of sp³-hybridized carbons (Fsp3) is 0.409. The van der Waals surface area contributed by atoms with Crippen molar-refractivity contribution < 1.29 is 4.74 Å². The van der Waals surface area contributed by atoms with Gasteiger partial charge in [-0.25, -0.2) is 0 Å². The average molecular weight is 345 g/mol. The van der Waals surface area contributed by atoms with Gasteiger partial charge in [0.05, 0.1) is 24.8 Å². The Labute approximate surface area is 154 Å². The molecule has 3 heterocycles. The molecule has 1 fully saturated rings. The van der Waals surface area contributed by atoms with E-state index in [1.807, 2.05) is 12.1 Å². The lowest BCUT2D eigenvalue weighted by Gasteiger charge is -2.33. The maximum Gasteiger partial charge on any atom is 0.0991 e. The zero-order valence-electron chi connectivity index (χ0n) is 15.1. The molecule has 0 amide bonds. The Kier molecular flexibility index (Phi) is 3.74. The van der Waals surface area contributed by atoms with E-state index in [2.05, 4.69) is 41.4 Å². The van der Waals surface area contributed by atoms with Gasteiger partial charge in [0.1, 0.15) is 0 Å². The van der Waals surface area contributed by atoms with Gasteiger partial charge in [-0.2, -0.15) is 5.26 Å². The monoisotopic (exact) mass is 345 g/mol. The normalized spacial score (nSPS) is 23.8. The van der Waals surface area contributed by atoms with E-state index in [4.69, 9.17) is 10.00 Å². The number of hydrogen-bond acceptors (Lipinski definition) is 4. The van der Waals surface area contributed by atoms with Crippen LogP contribution in [0.5, 0.6) is 0 Å². The van der Waals surface area contributed by atoms with Crippen LogP contribution >= 0.6 is 0 Å². The first-order valence-corrected chi connectivity index (χ1v) is 9.49. The number of nitrogens with zero attached hydrogens (tertiary/aromatic N) is 2. The maximum atomic E-state index is 9.15. The molecule has 2 aromatic rings. The van der Waals surface area contributed by atoms with E-state index in [1.165, 1.54) is 34.4 Å². The molecule has 0 saturated carbocycles. The third kappa shape index (κ3) is 2.35. The summed E-state index contributed by atoms with van der Waals surface area (Å²) in [6.45, 7) is 6.74. The smallest absolute Gasteiger partial charge is 0.0991 e. The molecule has 1 N–H and O–H groups in total. The summed E-state index contributed by atoms with van der Waals surface area (Å²) < 4.78 is 5.92. The zero-order chi connectivity index (χ0) is 17.7. The van der Waals surface area contributed by atoms with Crippen molar-refractivity contribution in [1.82, 2.24) is 5.32 Å². The van der Waals surface area contributed by atoms with Gasteiger partial charge in [-0.3, -0.25) is 0 Å². The minimum atomic E-state index is 0.564. The van der Waals surface area contributed by atoms with Gasteiger partial charge in [0.2, 0.25) is 0 Å². The van der Waals surface area contributed by atoms with Crippen LogP contribution in [0.2, 0.25) is 0 Å². The van der Waals surface area contributed by atoms with Crippen molar-refractivity contribution in [3.05, 3.63) is 52.6 Å². The number of nitrogens with one attached hydrogen (secondary N) is 1. The highest BCUT2D eigenvalue weighted by atomic mass is 16.5. The molecule has 5 rings (SSSR count). The van der Waals surface area contributed by atoms with Crippen molar-refractivity contribution in [2.24, 2.45) is 0 Å². The number of piperidine rings is 1. The highest BCUT2D eigenvalue weighted by molar-refractivity contribution is 5.77. The number of aryl methyl sites for hydroxylation is 1. The summed E-state index contributed by atoms with van der Waals surface area (Å²) in [5.74, 6) is 0.564. The van der Waals surface area contributed by atoms with Crippen LogP contribution in [0.3, 0.4) is 0 Å². The molecule has 0 spiro atoms. The second kappa shape index (κ2) is 6.12. The molecule has 0 unspecified atom stereocenters. The summed E-state index contributed by atoms with van der Waals surface area (Å²) in [7, 11) is 0. The topological polar surface area (TPSA) is 48.3 Å². The van der Waals surface area contributed by atoms with Crippen LogP contribution in [0.1, 0.15) is 34.6 Å². The minimum Gasteiger partial charge on any atom is -0.375 e. The van der Waals surface area contributed by atoms with E-state index < -0.39 is 0 Å². The summed E-state index contributed by atoms with van der Waals surface area (Å²) in [5, 5.41) is 12.7. The van der Waals surface area contributed by atoms with Gasteiger partial charge in [-0.05, 0) is 66.4 Å². The number of anilines is 1. The lowest BCUT2D eigenvalue weighted by molar-refractivity contribution is 0.130. The lowest BCUT2D eigenvalue weighted by atomic mass is 9.87.